The van der Waals surface area contributed by atoms with E-state index in [9.17, 15) is 4.79 Å². The summed E-state index contributed by atoms with van der Waals surface area (Å²) in [5.74, 6) is 4.64. The molecule has 5 N–H and O–H groups in total. The molecule has 0 fully saturated rings. The number of hydrogen-bond acceptors (Lipinski definition) is 6. The summed E-state index contributed by atoms with van der Waals surface area (Å²) < 4.78 is 0. The molecule has 6 nitrogen and oxygen atoms in total. The summed E-state index contributed by atoms with van der Waals surface area (Å²) in [6.45, 7) is 1.27. The lowest BCUT2D eigenvalue weighted by Gasteiger charge is -2.22. The molecule has 0 amide bonds. The van der Waals surface area contributed by atoms with Gasteiger partial charge in [0.05, 0.1) is 6.10 Å². The fourth-order valence-corrected chi connectivity index (χ4v) is 0.673. The molecule has 0 unspecified atom stereocenters. The van der Waals surface area contributed by atoms with Crippen LogP contribution < -0.4 is 5.90 Å². The fraction of sp³-hybridized carbons (Fsp3) is 0.833. The Kier molecular flexibility index (Phi) is 8.43. The number of rotatable bonds is 5. The third-order valence-electron chi connectivity index (χ3n) is 1.47. The van der Waals surface area contributed by atoms with Crippen LogP contribution in [0.1, 0.15) is 6.92 Å². The second-order valence-corrected chi connectivity index (χ2v) is 2.46. The third-order valence-corrected chi connectivity index (χ3v) is 1.47. The van der Waals surface area contributed by atoms with Crippen LogP contribution in [0.3, 0.4) is 0 Å². The lowest BCUT2D eigenvalue weighted by atomic mass is 10.1. The van der Waals surface area contributed by atoms with Crippen LogP contribution in [-0.4, -0.2) is 46.0 Å². The van der Waals surface area contributed by atoms with Gasteiger partial charge in [-0.2, -0.15) is 0 Å². The van der Waals surface area contributed by atoms with Crippen molar-refractivity contribution < 1.29 is 25.0 Å². The molecule has 0 aromatic heterocycles. The number of nitrogens with two attached hydrogens (primary N) is 1. The maximum atomic E-state index is 10.1. The zero-order valence-electron chi connectivity index (χ0n) is 7.03. The topological polar surface area (TPSA) is 113 Å². The number of halogens is 1. The number of aliphatic hydroxyl groups is 3. The van der Waals surface area contributed by atoms with Crippen LogP contribution in [-0.2, 0) is 9.63 Å². The molecule has 7 heteroatoms. The Morgan fingerprint density at radius 3 is 2.00 bits per heavy atom. The lowest BCUT2D eigenvalue weighted by molar-refractivity contribution is -0.142. The van der Waals surface area contributed by atoms with Crippen molar-refractivity contribution in [3.05, 3.63) is 0 Å². The minimum Gasteiger partial charge on any atom is -0.391 e. The lowest BCUT2D eigenvalue weighted by Crippen LogP contribution is -2.46. The minimum atomic E-state index is -1.52. The van der Waals surface area contributed by atoms with Crippen LogP contribution in [0.4, 0.5) is 0 Å². The van der Waals surface area contributed by atoms with E-state index in [0.717, 1.165) is 0 Å². The molecule has 13 heavy (non-hydrogen) atoms. The first kappa shape index (κ1) is 15.2. The maximum absolute atomic E-state index is 10.1. The van der Waals surface area contributed by atoms with Crippen molar-refractivity contribution in [1.82, 2.24) is 0 Å². The van der Waals surface area contributed by atoms with Crippen LogP contribution >= 0.6 is 12.4 Å². The van der Waals surface area contributed by atoms with Gasteiger partial charge < -0.3 is 20.1 Å². The number of carbonyl (C=O) groups is 1. The highest BCUT2D eigenvalue weighted by atomic mass is 35.5. The molecule has 0 rings (SSSR count). The molecule has 0 spiro atoms. The Balaban J connectivity index is 0. The molecule has 4 atom stereocenters. The summed E-state index contributed by atoms with van der Waals surface area (Å²) in [5, 5.41) is 26.9. The highest BCUT2D eigenvalue weighted by Gasteiger charge is 2.29. The van der Waals surface area contributed by atoms with Gasteiger partial charge in [0, 0.05) is 0 Å². The van der Waals surface area contributed by atoms with Crippen molar-refractivity contribution in [2.24, 2.45) is 5.90 Å². The molecule has 0 aromatic carbocycles. The predicted molar refractivity (Wildman–Crippen MR) is 46.1 cm³/mol. The van der Waals surface area contributed by atoms with Crippen LogP contribution in [0.25, 0.3) is 0 Å². The van der Waals surface area contributed by atoms with Gasteiger partial charge in [-0.25, -0.2) is 5.90 Å². The zero-order chi connectivity index (χ0) is 9.72. The molecule has 0 aliphatic carbocycles. The van der Waals surface area contributed by atoms with Crippen LogP contribution in [0, 0.1) is 0 Å². The first-order chi connectivity index (χ1) is 5.54. The molecule has 0 saturated heterocycles. The van der Waals surface area contributed by atoms with Gasteiger partial charge in [-0.1, -0.05) is 0 Å². The van der Waals surface area contributed by atoms with Gasteiger partial charge in [-0.05, 0) is 6.92 Å². The molecule has 80 valence electrons. The quantitative estimate of drug-likeness (QED) is 0.311. The zero-order valence-corrected chi connectivity index (χ0v) is 7.85. The Bertz CT molecular complexity index is 145. The van der Waals surface area contributed by atoms with Crippen LogP contribution in [0.2, 0.25) is 0 Å². The molecular weight excluding hydrogens is 202 g/mol. The second-order valence-electron chi connectivity index (χ2n) is 2.46. The fourth-order valence-electron chi connectivity index (χ4n) is 0.673. The van der Waals surface area contributed by atoms with Gasteiger partial charge in [0.25, 0.3) is 0 Å². The molecule has 0 aliphatic heterocycles. The highest BCUT2D eigenvalue weighted by molar-refractivity contribution is 5.85. The van der Waals surface area contributed by atoms with Crippen molar-refractivity contribution in [3.8, 4) is 0 Å². The molecule has 0 bridgehead atoms. The van der Waals surface area contributed by atoms with Crippen molar-refractivity contribution in [2.45, 2.75) is 31.3 Å². The number of carbonyl (C=O) groups excluding carboxylic acids is 1. The maximum Gasteiger partial charge on any atom is 0.162 e. The van der Waals surface area contributed by atoms with Gasteiger partial charge in [0.1, 0.15) is 12.2 Å². The van der Waals surface area contributed by atoms with Gasteiger partial charge in [-0.15, -0.1) is 12.4 Å². The van der Waals surface area contributed by atoms with Crippen molar-refractivity contribution in [1.29, 1.82) is 0 Å². The minimum absolute atomic E-state index is 0. The molecule has 0 radical (unpaired) electrons. The summed E-state index contributed by atoms with van der Waals surface area (Å²) in [6, 6.07) is 0. The largest absolute Gasteiger partial charge is 0.391 e. The normalized spacial score (nSPS) is 19.5. The SMILES string of the molecule is C[C@@H](O)[C@H](O)[C@H](O)[C@H](C=O)ON.Cl. The summed E-state index contributed by atoms with van der Waals surface area (Å²) in [7, 11) is 0. The predicted octanol–water partition coefficient (Wildman–Crippen LogP) is -2.03. The number of aldehydes is 1. The standard InChI is InChI=1S/C6H13NO5.ClH/c1-3(9)5(10)6(11)4(2-8)12-7;/h2-6,9-11H,7H2,1H3;1H/t3-,4+,5+,6-;/m1./s1. The molecule has 0 aliphatic rings. The van der Waals surface area contributed by atoms with Gasteiger partial charge >= 0.3 is 0 Å². The van der Waals surface area contributed by atoms with E-state index in [0.29, 0.717) is 0 Å². The van der Waals surface area contributed by atoms with Gasteiger partial charge in [-0.3, -0.25) is 4.84 Å². The smallest absolute Gasteiger partial charge is 0.162 e. The molecular formula is C6H14ClNO5. The number of aliphatic hydroxyl groups excluding tert-OH is 3. The van der Waals surface area contributed by atoms with E-state index in [4.69, 9.17) is 15.3 Å². The van der Waals surface area contributed by atoms with Crippen molar-refractivity contribution in [3.63, 3.8) is 0 Å². The average molecular weight is 216 g/mol. The molecule has 0 aromatic rings. The Hall–Kier alpha value is -0.240. The van der Waals surface area contributed by atoms with Gasteiger partial charge in [0.15, 0.2) is 12.4 Å². The van der Waals surface area contributed by atoms with E-state index in [1.165, 1.54) is 6.92 Å². The first-order valence-electron chi connectivity index (χ1n) is 3.39. The van der Waals surface area contributed by atoms with E-state index in [-0.39, 0.29) is 18.7 Å². The average Bonchev–Trinajstić information content (AvgIpc) is 2.05. The van der Waals surface area contributed by atoms with E-state index in [1.807, 2.05) is 0 Å². The van der Waals surface area contributed by atoms with Crippen LogP contribution in [0.5, 0.6) is 0 Å². The highest BCUT2D eigenvalue weighted by Crippen LogP contribution is 2.04. The van der Waals surface area contributed by atoms with E-state index >= 15 is 0 Å². The van der Waals surface area contributed by atoms with Crippen molar-refractivity contribution in [2.75, 3.05) is 0 Å². The van der Waals surface area contributed by atoms with Crippen LogP contribution in [0.15, 0.2) is 0 Å². The molecule has 0 saturated carbocycles. The van der Waals surface area contributed by atoms with E-state index in [1.54, 1.807) is 0 Å². The van der Waals surface area contributed by atoms with Crippen molar-refractivity contribution >= 4 is 18.7 Å². The summed E-state index contributed by atoms with van der Waals surface area (Å²) in [5.41, 5.74) is 0. The monoisotopic (exact) mass is 215 g/mol. The first-order valence-corrected chi connectivity index (χ1v) is 3.39. The summed E-state index contributed by atoms with van der Waals surface area (Å²) >= 11 is 0. The summed E-state index contributed by atoms with van der Waals surface area (Å²) in [4.78, 5) is 14.2. The Morgan fingerprint density at radius 2 is 1.77 bits per heavy atom. The Labute approximate surface area is 81.7 Å². The third kappa shape index (κ3) is 4.51. The van der Waals surface area contributed by atoms with E-state index < -0.39 is 24.4 Å². The van der Waals surface area contributed by atoms with E-state index in [2.05, 4.69) is 10.7 Å². The molecule has 0 heterocycles. The Morgan fingerprint density at radius 1 is 1.31 bits per heavy atom. The summed E-state index contributed by atoms with van der Waals surface area (Å²) in [6.07, 6.45) is -5.21. The van der Waals surface area contributed by atoms with Gasteiger partial charge in [0.2, 0.25) is 0 Å². The number of hydrogen-bond donors (Lipinski definition) is 4. The second kappa shape index (κ2) is 7.19.